The molecule has 2 aromatic heterocycles. The molecule has 1 saturated heterocycles. The molecule has 5 rings (SSSR count). The fourth-order valence-corrected chi connectivity index (χ4v) is 4.17. The maximum absolute atomic E-state index is 12.8. The number of nitrogens with zero attached hydrogens (tertiary/aromatic N) is 4. The molecule has 2 aromatic carbocycles. The molecule has 3 heterocycles. The SMILES string of the molecule is O=C(Nc1ccc(Cc2nnc3ccccn23)cc1)C1CC(=O)N(c2ccccc2Cl)C1. The molecule has 160 valence electrons. The molecule has 4 aromatic rings. The highest BCUT2D eigenvalue weighted by atomic mass is 35.5. The van der Waals surface area contributed by atoms with Gasteiger partial charge in [0.15, 0.2) is 5.65 Å². The van der Waals surface area contributed by atoms with Crippen LogP contribution in [0.25, 0.3) is 5.65 Å². The zero-order valence-corrected chi connectivity index (χ0v) is 17.9. The van der Waals surface area contributed by atoms with Crippen molar-refractivity contribution in [1.82, 2.24) is 14.6 Å². The van der Waals surface area contributed by atoms with Crippen LogP contribution in [0.1, 0.15) is 17.8 Å². The summed E-state index contributed by atoms with van der Waals surface area (Å²) in [4.78, 5) is 26.8. The summed E-state index contributed by atoms with van der Waals surface area (Å²) in [5, 5.41) is 11.8. The average molecular weight is 446 g/mol. The van der Waals surface area contributed by atoms with Gasteiger partial charge in [0.2, 0.25) is 11.8 Å². The molecule has 32 heavy (non-hydrogen) atoms. The van der Waals surface area contributed by atoms with Gasteiger partial charge < -0.3 is 10.2 Å². The van der Waals surface area contributed by atoms with Gasteiger partial charge in [0, 0.05) is 31.3 Å². The summed E-state index contributed by atoms with van der Waals surface area (Å²) in [5.41, 5.74) is 3.19. The number of halogens is 1. The first-order chi connectivity index (χ1) is 15.6. The molecule has 7 nitrogen and oxygen atoms in total. The summed E-state index contributed by atoms with van der Waals surface area (Å²) in [6.45, 7) is 0.312. The number of aromatic nitrogens is 3. The van der Waals surface area contributed by atoms with Crippen molar-refractivity contribution in [2.45, 2.75) is 12.8 Å². The van der Waals surface area contributed by atoms with Gasteiger partial charge in [-0.2, -0.15) is 0 Å². The van der Waals surface area contributed by atoms with E-state index in [1.807, 2.05) is 65.2 Å². The summed E-state index contributed by atoms with van der Waals surface area (Å²) in [5.74, 6) is 0.139. The predicted molar refractivity (Wildman–Crippen MR) is 123 cm³/mol. The van der Waals surface area contributed by atoms with Crippen molar-refractivity contribution in [3.05, 3.63) is 89.3 Å². The van der Waals surface area contributed by atoms with Gasteiger partial charge in [-0.1, -0.05) is 41.9 Å². The minimum absolute atomic E-state index is 0.103. The number of para-hydroxylation sites is 1. The number of hydrogen-bond donors (Lipinski definition) is 1. The number of benzene rings is 2. The second-order valence-corrected chi connectivity index (χ2v) is 8.17. The van der Waals surface area contributed by atoms with E-state index in [2.05, 4.69) is 15.5 Å². The van der Waals surface area contributed by atoms with Crippen LogP contribution in [0.15, 0.2) is 72.9 Å². The second kappa shape index (κ2) is 8.43. The summed E-state index contributed by atoms with van der Waals surface area (Å²) in [6, 6.07) is 20.6. The number of fused-ring (bicyclic) bond motifs is 1. The number of amides is 2. The standard InChI is InChI=1S/C24H20ClN5O2/c25-19-5-1-2-6-20(19)30-15-17(14-23(30)31)24(32)26-18-10-8-16(9-11-18)13-22-28-27-21-7-3-4-12-29(21)22/h1-12,17H,13-15H2,(H,26,32). The van der Waals surface area contributed by atoms with Crippen molar-refractivity contribution in [1.29, 1.82) is 0 Å². The Kier molecular flexibility index (Phi) is 5.33. The highest BCUT2D eigenvalue weighted by Crippen LogP contribution is 2.31. The van der Waals surface area contributed by atoms with E-state index in [1.165, 1.54) is 0 Å². The number of nitrogens with one attached hydrogen (secondary N) is 1. The van der Waals surface area contributed by atoms with Gasteiger partial charge in [0.05, 0.1) is 16.6 Å². The average Bonchev–Trinajstić information content (AvgIpc) is 3.39. The van der Waals surface area contributed by atoms with Crippen LogP contribution in [-0.4, -0.2) is 33.0 Å². The van der Waals surface area contributed by atoms with Crippen LogP contribution in [0.5, 0.6) is 0 Å². The molecule has 1 aliphatic rings. The number of rotatable bonds is 5. The number of anilines is 2. The lowest BCUT2D eigenvalue weighted by molar-refractivity contribution is -0.122. The van der Waals surface area contributed by atoms with Gasteiger partial charge in [0.1, 0.15) is 5.82 Å². The minimum atomic E-state index is -0.430. The Bertz CT molecular complexity index is 1300. The van der Waals surface area contributed by atoms with E-state index in [-0.39, 0.29) is 18.2 Å². The van der Waals surface area contributed by atoms with Gasteiger partial charge in [-0.3, -0.25) is 14.0 Å². The van der Waals surface area contributed by atoms with E-state index >= 15 is 0 Å². The molecule has 0 saturated carbocycles. The van der Waals surface area contributed by atoms with Crippen molar-refractivity contribution >= 4 is 40.4 Å². The Morgan fingerprint density at radius 2 is 1.81 bits per heavy atom. The highest BCUT2D eigenvalue weighted by molar-refractivity contribution is 6.33. The molecule has 0 radical (unpaired) electrons. The fourth-order valence-electron chi connectivity index (χ4n) is 3.93. The molecular weight excluding hydrogens is 426 g/mol. The van der Waals surface area contributed by atoms with Crippen LogP contribution >= 0.6 is 11.6 Å². The molecule has 0 aliphatic carbocycles. The lowest BCUT2D eigenvalue weighted by Crippen LogP contribution is -2.28. The predicted octanol–water partition coefficient (Wildman–Crippen LogP) is 3.97. The quantitative estimate of drug-likeness (QED) is 0.504. The first kappa shape index (κ1) is 20.2. The number of hydrogen-bond acceptors (Lipinski definition) is 4. The summed E-state index contributed by atoms with van der Waals surface area (Å²) < 4.78 is 1.96. The molecule has 8 heteroatoms. The highest BCUT2D eigenvalue weighted by Gasteiger charge is 2.35. The van der Waals surface area contributed by atoms with Crippen LogP contribution in [0, 0.1) is 5.92 Å². The Hall–Kier alpha value is -3.71. The zero-order valence-electron chi connectivity index (χ0n) is 17.1. The van der Waals surface area contributed by atoms with E-state index < -0.39 is 5.92 Å². The van der Waals surface area contributed by atoms with Crippen molar-refractivity contribution in [3.63, 3.8) is 0 Å². The summed E-state index contributed by atoms with van der Waals surface area (Å²) in [6.07, 6.45) is 2.73. The van der Waals surface area contributed by atoms with Gasteiger partial charge in [0.25, 0.3) is 0 Å². The van der Waals surface area contributed by atoms with Crippen LogP contribution < -0.4 is 10.2 Å². The first-order valence-electron chi connectivity index (χ1n) is 10.3. The summed E-state index contributed by atoms with van der Waals surface area (Å²) in [7, 11) is 0. The lowest BCUT2D eigenvalue weighted by Gasteiger charge is -2.18. The molecule has 1 fully saturated rings. The smallest absolute Gasteiger partial charge is 0.229 e. The van der Waals surface area contributed by atoms with Crippen LogP contribution in [0.2, 0.25) is 5.02 Å². The van der Waals surface area contributed by atoms with Gasteiger partial charge in [-0.05, 0) is 42.0 Å². The van der Waals surface area contributed by atoms with Crippen molar-refractivity contribution < 1.29 is 9.59 Å². The third kappa shape index (κ3) is 3.94. The Morgan fingerprint density at radius 3 is 2.62 bits per heavy atom. The first-order valence-corrected chi connectivity index (χ1v) is 10.7. The van der Waals surface area contributed by atoms with Crippen LogP contribution in [0.3, 0.4) is 0 Å². The maximum Gasteiger partial charge on any atom is 0.229 e. The van der Waals surface area contributed by atoms with Gasteiger partial charge in [-0.25, -0.2) is 0 Å². The Morgan fingerprint density at radius 1 is 1.03 bits per heavy atom. The minimum Gasteiger partial charge on any atom is -0.326 e. The molecule has 2 amide bonds. The third-order valence-electron chi connectivity index (χ3n) is 5.61. The van der Waals surface area contributed by atoms with Crippen molar-refractivity contribution in [3.8, 4) is 0 Å². The monoisotopic (exact) mass is 445 g/mol. The third-order valence-corrected chi connectivity index (χ3v) is 5.93. The number of carbonyl (C=O) groups excluding carboxylic acids is 2. The second-order valence-electron chi connectivity index (χ2n) is 7.76. The lowest BCUT2D eigenvalue weighted by atomic mass is 10.1. The molecule has 1 unspecified atom stereocenters. The van der Waals surface area contributed by atoms with E-state index in [0.717, 1.165) is 17.0 Å². The summed E-state index contributed by atoms with van der Waals surface area (Å²) >= 11 is 6.22. The molecule has 1 N–H and O–H groups in total. The molecule has 1 aliphatic heterocycles. The van der Waals surface area contributed by atoms with E-state index in [1.54, 1.807) is 17.0 Å². The van der Waals surface area contributed by atoms with E-state index in [9.17, 15) is 9.59 Å². The van der Waals surface area contributed by atoms with Gasteiger partial charge >= 0.3 is 0 Å². The van der Waals surface area contributed by atoms with E-state index in [4.69, 9.17) is 11.6 Å². The number of carbonyl (C=O) groups is 2. The number of pyridine rings is 1. The van der Waals surface area contributed by atoms with Crippen molar-refractivity contribution in [2.24, 2.45) is 5.92 Å². The van der Waals surface area contributed by atoms with Crippen LogP contribution in [-0.2, 0) is 16.0 Å². The van der Waals surface area contributed by atoms with Crippen LogP contribution in [0.4, 0.5) is 11.4 Å². The topological polar surface area (TPSA) is 79.6 Å². The van der Waals surface area contributed by atoms with Gasteiger partial charge in [-0.15, -0.1) is 10.2 Å². The molecule has 0 spiro atoms. The van der Waals surface area contributed by atoms with Crippen molar-refractivity contribution in [2.75, 3.05) is 16.8 Å². The Balaban J connectivity index is 1.23. The molecular formula is C24H20ClN5O2. The van der Waals surface area contributed by atoms with E-state index in [0.29, 0.717) is 29.4 Å². The normalized spacial score (nSPS) is 16.0. The molecule has 1 atom stereocenters. The maximum atomic E-state index is 12.8. The largest absolute Gasteiger partial charge is 0.326 e. The Labute approximate surface area is 189 Å². The zero-order chi connectivity index (χ0) is 22.1. The fraction of sp³-hybridized carbons (Fsp3) is 0.167. The molecule has 0 bridgehead atoms.